The summed E-state index contributed by atoms with van der Waals surface area (Å²) in [5, 5.41) is 0. The highest BCUT2D eigenvalue weighted by molar-refractivity contribution is 6.01. The van der Waals surface area contributed by atoms with Gasteiger partial charge < -0.3 is 23.7 Å². The van der Waals surface area contributed by atoms with Gasteiger partial charge in [-0.1, -0.05) is 76.4 Å². The minimum atomic E-state index is -1.46. The maximum Gasteiger partial charge on any atom is 0.333 e. The average molecular weight is 617 g/mol. The van der Waals surface area contributed by atoms with Crippen LogP contribution in [0.15, 0.2) is 66.8 Å². The molecule has 238 valence electrons. The minimum Gasteiger partial charge on any atom is -0.457 e. The van der Waals surface area contributed by atoms with Crippen molar-refractivity contribution in [3.63, 3.8) is 0 Å². The van der Waals surface area contributed by atoms with E-state index in [2.05, 4.69) is 33.9 Å². The molecule has 45 heavy (non-hydrogen) atoms. The summed E-state index contributed by atoms with van der Waals surface area (Å²) in [6, 6.07) is 13.3. The highest BCUT2D eigenvalue weighted by Gasteiger charge is 2.75. The average Bonchev–Trinajstić information content (AvgIpc) is 3.29. The third-order valence-electron chi connectivity index (χ3n) is 8.74. The number of carbonyl (C=O) groups excluding carboxylic acids is 4. The summed E-state index contributed by atoms with van der Waals surface area (Å²) in [7, 11) is 0. The maximum atomic E-state index is 13.8. The Balaban J connectivity index is 1.72. The van der Waals surface area contributed by atoms with Crippen molar-refractivity contribution in [3.05, 3.63) is 94.6 Å². The van der Waals surface area contributed by atoms with E-state index in [4.69, 9.17) is 23.7 Å². The van der Waals surface area contributed by atoms with Crippen LogP contribution < -0.4 is 0 Å². The SMILES string of the molecule is C=C(C)C(=O)OC(C)COC12c3ccccc3C(OCC(C)OC(=O)C(=C)C)(c3cc(C(C)(C)C)ccc31)C1C(=O)OC(=O)C12. The Bertz CT molecular complexity index is 1610. The molecule has 1 heterocycles. The number of hydrogen-bond donors (Lipinski definition) is 0. The monoisotopic (exact) mass is 616 g/mol. The molecule has 3 aliphatic carbocycles. The summed E-state index contributed by atoms with van der Waals surface area (Å²) >= 11 is 0. The predicted molar refractivity (Wildman–Crippen MR) is 164 cm³/mol. The first-order chi connectivity index (χ1) is 21.1. The number of ether oxygens (including phenoxy) is 5. The fourth-order valence-corrected chi connectivity index (χ4v) is 6.66. The number of hydrogen-bond acceptors (Lipinski definition) is 9. The second kappa shape index (κ2) is 11.4. The number of rotatable bonds is 10. The van der Waals surface area contributed by atoms with Crippen LogP contribution in [0.1, 0.15) is 76.3 Å². The van der Waals surface area contributed by atoms with Gasteiger partial charge in [-0.15, -0.1) is 0 Å². The van der Waals surface area contributed by atoms with Crippen LogP contribution in [0.5, 0.6) is 0 Å². The van der Waals surface area contributed by atoms with Gasteiger partial charge in [-0.2, -0.15) is 0 Å². The molecule has 0 aromatic heterocycles. The van der Waals surface area contributed by atoms with Gasteiger partial charge in [0.15, 0.2) is 0 Å². The number of carbonyl (C=O) groups is 4. The second-order valence-electron chi connectivity index (χ2n) is 13.3. The van der Waals surface area contributed by atoms with Crippen LogP contribution in [0.2, 0.25) is 0 Å². The van der Waals surface area contributed by atoms with E-state index in [1.807, 2.05) is 42.5 Å². The van der Waals surface area contributed by atoms with E-state index < -0.39 is 59.1 Å². The van der Waals surface area contributed by atoms with E-state index >= 15 is 0 Å². The quantitative estimate of drug-likeness (QED) is 0.155. The van der Waals surface area contributed by atoms with Gasteiger partial charge in [0.05, 0.1) is 13.2 Å². The lowest BCUT2D eigenvalue weighted by Crippen LogP contribution is -2.63. The molecular weight excluding hydrogens is 576 g/mol. The van der Waals surface area contributed by atoms with E-state index in [1.165, 1.54) is 0 Å². The van der Waals surface area contributed by atoms with Crippen LogP contribution in [-0.4, -0.2) is 49.3 Å². The van der Waals surface area contributed by atoms with Gasteiger partial charge in [-0.3, -0.25) is 9.59 Å². The molecule has 2 aromatic rings. The van der Waals surface area contributed by atoms with Crippen molar-refractivity contribution in [1.29, 1.82) is 0 Å². The lowest BCUT2D eigenvalue weighted by molar-refractivity contribution is -0.191. The van der Waals surface area contributed by atoms with Crippen molar-refractivity contribution in [2.24, 2.45) is 11.8 Å². The van der Waals surface area contributed by atoms with Crippen LogP contribution in [0.3, 0.4) is 0 Å². The molecule has 1 saturated heterocycles. The Morgan fingerprint density at radius 2 is 1.20 bits per heavy atom. The van der Waals surface area contributed by atoms with Crippen molar-refractivity contribution < 1.29 is 42.9 Å². The van der Waals surface area contributed by atoms with Crippen LogP contribution in [0.25, 0.3) is 0 Å². The van der Waals surface area contributed by atoms with E-state index in [-0.39, 0.29) is 29.8 Å². The van der Waals surface area contributed by atoms with E-state index in [1.54, 1.807) is 27.7 Å². The second-order valence-corrected chi connectivity index (χ2v) is 13.3. The summed E-state index contributed by atoms with van der Waals surface area (Å²) in [5.41, 5.74) is 0.855. The van der Waals surface area contributed by atoms with Gasteiger partial charge >= 0.3 is 23.9 Å². The largest absolute Gasteiger partial charge is 0.457 e. The molecule has 2 bridgehead atoms. The molecule has 2 aromatic carbocycles. The molecule has 0 radical (unpaired) electrons. The van der Waals surface area contributed by atoms with E-state index in [0.29, 0.717) is 22.3 Å². The lowest BCUT2D eigenvalue weighted by Gasteiger charge is -2.58. The molecular formula is C36H40O9. The minimum absolute atomic E-state index is 0.0831. The van der Waals surface area contributed by atoms with Gasteiger partial charge in [-0.25, -0.2) is 9.59 Å². The van der Waals surface area contributed by atoms with Gasteiger partial charge in [-0.05, 0) is 60.9 Å². The fourth-order valence-electron chi connectivity index (χ4n) is 6.66. The molecule has 1 fully saturated rings. The van der Waals surface area contributed by atoms with Crippen molar-refractivity contribution in [1.82, 2.24) is 0 Å². The Kier molecular flexibility index (Phi) is 8.17. The molecule has 0 N–H and O–H groups in total. The molecule has 0 spiro atoms. The standard InChI is InChI=1S/C36H40O9/c1-19(2)30(37)43-21(5)17-41-35-24-12-10-11-13-25(24)36(29-28(35)32(39)45-33(29)40,42-18-22(6)44-31(38)20(3)4)27-16-23(34(7,8)9)14-15-26(27)35/h10-16,21-22,28-29H,1,3,17-18H2,2,4-9H3. The zero-order valence-electron chi connectivity index (χ0n) is 26.9. The normalized spacial score (nSPS) is 25.8. The van der Waals surface area contributed by atoms with Crippen LogP contribution in [0, 0.1) is 11.8 Å². The molecule has 9 heteroatoms. The molecule has 4 aliphatic rings. The first-order valence-electron chi connectivity index (χ1n) is 15.1. The first kappa shape index (κ1) is 32.3. The van der Waals surface area contributed by atoms with Gasteiger partial charge in [0.25, 0.3) is 0 Å². The molecule has 6 unspecified atom stereocenters. The van der Waals surface area contributed by atoms with Gasteiger partial charge in [0.1, 0.15) is 35.2 Å². The Hall–Kier alpha value is -4.08. The molecule has 9 nitrogen and oxygen atoms in total. The topological polar surface area (TPSA) is 114 Å². The maximum absolute atomic E-state index is 13.8. The number of benzene rings is 2. The smallest absolute Gasteiger partial charge is 0.333 e. The van der Waals surface area contributed by atoms with Gasteiger partial charge in [0, 0.05) is 11.1 Å². The molecule has 0 saturated carbocycles. The van der Waals surface area contributed by atoms with Gasteiger partial charge in [0.2, 0.25) is 0 Å². The Morgan fingerprint density at radius 1 is 0.778 bits per heavy atom. The summed E-state index contributed by atoms with van der Waals surface area (Å²) in [6.07, 6.45) is -1.40. The van der Waals surface area contributed by atoms with Crippen molar-refractivity contribution in [2.75, 3.05) is 13.2 Å². The summed E-state index contributed by atoms with van der Waals surface area (Å²) in [5.74, 6) is -4.80. The Labute approximate surface area is 263 Å². The fraction of sp³-hybridized carbons (Fsp3) is 0.444. The van der Waals surface area contributed by atoms with E-state index in [0.717, 1.165) is 5.56 Å². The molecule has 6 atom stereocenters. The molecule has 6 rings (SSSR count). The van der Waals surface area contributed by atoms with Crippen LogP contribution in [0.4, 0.5) is 0 Å². The van der Waals surface area contributed by atoms with E-state index in [9.17, 15) is 19.2 Å². The summed E-state index contributed by atoms with van der Waals surface area (Å²) in [6.45, 7) is 19.9. The van der Waals surface area contributed by atoms with Crippen molar-refractivity contribution in [3.8, 4) is 0 Å². The number of esters is 4. The van der Waals surface area contributed by atoms with Crippen molar-refractivity contribution in [2.45, 2.75) is 77.3 Å². The summed E-state index contributed by atoms with van der Waals surface area (Å²) < 4.78 is 30.0. The zero-order valence-corrected chi connectivity index (χ0v) is 26.9. The van der Waals surface area contributed by atoms with Crippen LogP contribution >= 0.6 is 0 Å². The summed E-state index contributed by atoms with van der Waals surface area (Å²) in [4.78, 5) is 52.1. The highest BCUT2D eigenvalue weighted by Crippen LogP contribution is 2.67. The lowest BCUT2D eigenvalue weighted by atomic mass is 9.49. The highest BCUT2D eigenvalue weighted by atomic mass is 16.6. The molecule has 1 aliphatic heterocycles. The predicted octanol–water partition coefficient (Wildman–Crippen LogP) is 5.16. The zero-order chi connectivity index (χ0) is 33.1. The van der Waals surface area contributed by atoms with Crippen LogP contribution in [-0.2, 0) is 59.5 Å². The first-order valence-corrected chi connectivity index (χ1v) is 15.1. The number of cyclic esters (lactones) is 2. The third-order valence-corrected chi connectivity index (χ3v) is 8.74. The van der Waals surface area contributed by atoms with Crippen molar-refractivity contribution >= 4 is 23.9 Å². The third kappa shape index (κ3) is 5.12. The molecule has 0 amide bonds. The Morgan fingerprint density at radius 3 is 1.62 bits per heavy atom.